The van der Waals surface area contributed by atoms with Crippen molar-refractivity contribution in [2.75, 3.05) is 0 Å². The summed E-state index contributed by atoms with van der Waals surface area (Å²) >= 11 is 0. The highest BCUT2D eigenvalue weighted by Gasteiger charge is 2.48. The van der Waals surface area contributed by atoms with Crippen LogP contribution in [0.5, 0.6) is 0 Å². The molecule has 1 aromatic heterocycles. The molecular weight excluding hydrogens is 426 g/mol. The Morgan fingerprint density at radius 1 is 0.971 bits per heavy atom. The van der Waals surface area contributed by atoms with Crippen LogP contribution in [0, 0.1) is 0 Å². The summed E-state index contributed by atoms with van der Waals surface area (Å²) in [6.45, 7) is 0. The van der Waals surface area contributed by atoms with Gasteiger partial charge in [0.1, 0.15) is 0 Å². The summed E-state index contributed by atoms with van der Waals surface area (Å²) in [6.07, 6.45) is 9.81. The van der Waals surface area contributed by atoms with Crippen LogP contribution >= 0.6 is 0 Å². The maximum absolute atomic E-state index is 13.3. The molecule has 3 aromatic rings. The Bertz CT molecular complexity index is 1420. The zero-order chi connectivity index (χ0) is 23.0. The molecule has 3 heterocycles. The van der Waals surface area contributed by atoms with E-state index in [0.29, 0.717) is 23.6 Å². The van der Waals surface area contributed by atoms with Crippen molar-refractivity contribution >= 4 is 22.6 Å². The molecule has 172 valence electrons. The number of nitrogens with zero attached hydrogens (tertiary/aromatic N) is 3. The Hall–Kier alpha value is -3.25. The van der Waals surface area contributed by atoms with Crippen molar-refractivity contribution in [3.63, 3.8) is 0 Å². The number of carboxylic acids is 1. The van der Waals surface area contributed by atoms with Crippen molar-refractivity contribution in [1.29, 1.82) is 0 Å². The van der Waals surface area contributed by atoms with Gasteiger partial charge in [-0.15, -0.1) is 0 Å². The van der Waals surface area contributed by atoms with Crippen LogP contribution in [0.1, 0.15) is 65.3 Å². The van der Waals surface area contributed by atoms with Crippen LogP contribution in [0.4, 0.5) is 0 Å². The lowest BCUT2D eigenvalue weighted by atomic mass is 9.88. The van der Waals surface area contributed by atoms with Crippen molar-refractivity contribution in [2.45, 2.75) is 69.1 Å². The number of para-hydroxylation sites is 2. The first-order chi connectivity index (χ1) is 16.6. The number of carboxylic acid groups (broad SMARTS) is 1. The summed E-state index contributed by atoms with van der Waals surface area (Å²) in [6, 6.07) is 15.4. The fraction of sp³-hybridized carbons (Fsp3) is 0.393. The third-order valence-electron chi connectivity index (χ3n) is 8.56. The van der Waals surface area contributed by atoms with Gasteiger partial charge in [0, 0.05) is 24.2 Å². The molecule has 2 unspecified atom stereocenters. The van der Waals surface area contributed by atoms with Gasteiger partial charge in [-0.1, -0.05) is 36.4 Å². The van der Waals surface area contributed by atoms with Crippen LogP contribution in [-0.4, -0.2) is 43.7 Å². The molecule has 0 amide bonds. The molecule has 2 aliphatic carbocycles. The molecule has 7 rings (SSSR count). The highest BCUT2D eigenvalue weighted by Crippen LogP contribution is 2.49. The van der Waals surface area contributed by atoms with Crippen LogP contribution in [-0.2, 0) is 12.8 Å². The standard InChI is InChI=1S/C28H27N3O3/c32-27-26(28(33)34)29-22-9-1-2-10-23(22)31(27)20-14-18-11-12-19(15-20)30(18)24-13-17-7-3-5-16-6-4-8-21(24)25(16)17/h1-3,5,7-10,18-20,24H,4,6,11-15H2,(H,33,34)/t18-,19+,20?,24?. The maximum atomic E-state index is 13.3. The zero-order valence-electron chi connectivity index (χ0n) is 19.0. The maximum Gasteiger partial charge on any atom is 0.360 e. The molecule has 2 bridgehead atoms. The summed E-state index contributed by atoms with van der Waals surface area (Å²) < 4.78 is 1.75. The Morgan fingerprint density at radius 2 is 1.74 bits per heavy atom. The van der Waals surface area contributed by atoms with Gasteiger partial charge in [-0.3, -0.25) is 9.69 Å². The van der Waals surface area contributed by atoms with E-state index in [0.717, 1.165) is 50.5 Å². The number of aromatic carboxylic acids is 1. The van der Waals surface area contributed by atoms with Gasteiger partial charge in [-0.05, 0) is 79.3 Å². The van der Waals surface area contributed by atoms with Crippen molar-refractivity contribution in [3.05, 3.63) is 81.3 Å². The number of benzene rings is 2. The van der Waals surface area contributed by atoms with Gasteiger partial charge in [0.05, 0.1) is 11.0 Å². The van der Waals surface area contributed by atoms with E-state index in [4.69, 9.17) is 0 Å². The third kappa shape index (κ3) is 2.81. The van der Waals surface area contributed by atoms with E-state index in [1.807, 2.05) is 18.2 Å². The van der Waals surface area contributed by atoms with E-state index < -0.39 is 11.5 Å². The molecule has 2 fully saturated rings. The molecule has 0 radical (unpaired) electrons. The quantitative estimate of drug-likeness (QED) is 0.643. The summed E-state index contributed by atoms with van der Waals surface area (Å²) in [5, 5.41) is 9.63. The predicted octanol–water partition coefficient (Wildman–Crippen LogP) is 4.22. The largest absolute Gasteiger partial charge is 0.476 e. The van der Waals surface area contributed by atoms with Crippen LogP contribution in [0.15, 0.2) is 53.3 Å². The van der Waals surface area contributed by atoms with Crippen molar-refractivity contribution < 1.29 is 9.90 Å². The summed E-state index contributed by atoms with van der Waals surface area (Å²) in [7, 11) is 0. The Morgan fingerprint density at radius 3 is 2.53 bits per heavy atom. The molecule has 4 atom stereocenters. The van der Waals surface area contributed by atoms with Gasteiger partial charge in [-0.2, -0.15) is 0 Å². The van der Waals surface area contributed by atoms with Crippen LogP contribution < -0.4 is 5.56 Å². The first kappa shape index (κ1) is 20.2. The van der Waals surface area contributed by atoms with Crippen molar-refractivity contribution in [1.82, 2.24) is 14.5 Å². The van der Waals surface area contributed by atoms with E-state index in [-0.39, 0.29) is 11.7 Å². The fourth-order valence-corrected chi connectivity index (χ4v) is 7.34. The minimum atomic E-state index is -1.26. The first-order valence-corrected chi connectivity index (χ1v) is 12.4. The Balaban J connectivity index is 1.26. The van der Waals surface area contributed by atoms with Crippen molar-refractivity contribution in [2.24, 2.45) is 0 Å². The topological polar surface area (TPSA) is 75.4 Å². The van der Waals surface area contributed by atoms with E-state index in [9.17, 15) is 14.7 Å². The molecule has 6 nitrogen and oxygen atoms in total. The van der Waals surface area contributed by atoms with E-state index in [2.05, 4.69) is 34.2 Å². The van der Waals surface area contributed by atoms with Crippen LogP contribution in [0.3, 0.4) is 0 Å². The second-order valence-corrected chi connectivity index (χ2v) is 10.3. The summed E-state index contributed by atoms with van der Waals surface area (Å²) in [4.78, 5) is 32.0. The number of aryl methyl sites for hydroxylation is 1. The minimum absolute atomic E-state index is 0.00748. The first-order valence-electron chi connectivity index (χ1n) is 12.4. The van der Waals surface area contributed by atoms with Gasteiger partial charge >= 0.3 is 5.97 Å². The average molecular weight is 454 g/mol. The van der Waals surface area contributed by atoms with Gasteiger partial charge in [0.2, 0.25) is 5.69 Å². The summed E-state index contributed by atoms with van der Waals surface area (Å²) in [5.74, 6) is -1.26. The second-order valence-electron chi connectivity index (χ2n) is 10.3. The molecule has 2 aromatic carbocycles. The van der Waals surface area contributed by atoms with E-state index in [1.54, 1.807) is 10.6 Å². The molecule has 6 heteroatoms. The lowest BCUT2D eigenvalue weighted by molar-refractivity contribution is 0.0684. The Kier molecular flexibility index (Phi) is 4.37. The molecule has 2 saturated heterocycles. The molecular formula is C28H27N3O3. The molecule has 2 aliphatic heterocycles. The number of allylic oxidation sites excluding steroid dienone is 1. The monoisotopic (exact) mass is 453 g/mol. The molecule has 0 spiro atoms. The smallest absolute Gasteiger partial charge is 0.360 e. The van der Waals surface area contributed by atoms with E-state index >= 15 is 0 Å². The third-order valence-corrected chi connectivity index (χ3v) is 8.56. The highest BCUT2D eigenvalue weighted by molar-refractivity contribution is 5.88. The van der Waals surface area contributed by atoms with Crippen molar-refractivity contribution in [3.8, 4) is 0 Å². The lowest BCUT2D eigenvalue weighted by Gasteiger charge is -2.44. The van der Waals surface area contributed by atoms with Gasteiger partial charge in [0.15, 0.2) is 0 Å². The zero-order valence-corrected chi connectivity index (χ0v) is 19.0. The Labute approximate surface area is 197 Å². The molecule has 1 N–H and O–H groups in total. The number of hydrogen-bond acceptors (Lipinski definition) is 4. The SMILES string of the molecule is O=C(O)c1nc2ccccc2n(C2C[C@H]3CC[C@@H](C2)N3C2Cc3cccc4c3C2=CCC4)c1=O. The average Bonchev–Trinajstić information content (AvgIpc) is 3.33. The number of rotatable bonds is 3. The number of carbonyl (C=O) groups is 1. The molecule has 34 heavy (non-hydrogen) atoms. The van der Waals surface area contributed by atoms with Gasteiger partial charge in [0.25, 0.3) is 5.56 Å². The molecule has 0 saturated carbocycles. The summed E-state index contributed by atoms with van der Waals surface area (Å²) in [5.41, 5.74) is 6.46. The van der Waals surface area contributed by atoms with Gasteiger partial charge in [-0.25, -0.2) is 9.78 Å². The number of aromatic nitrogens is 2. The predicted molar refractivity (Wildman–Crippen MR) is 130 cm³/mol. The fourth-order valence-electron chi connectivity index (χ4n) is 7.34. The van der Waals surface area contributed by atoms with Gasteiger partial charge < -0.3 is 9.67 Å². The second kappa shape index (κ2) is 7.37. The number of piperidine rings is 1. The molecule has 4 aliphatic rings. The minimum Gasteiger partial charge on any atom is -0.476 e. The lowest BCUT2D eigenvalue weighted by Crippen LogP contribution is -2.50. The normalized spacial score (nSPS) is 27.6. The number of fused-ring (bicyclic) bond motifs is 3. The number of hydrogen-bond donors (Lipinski definition) is 1. The highest BCUT2D eigenvalue weighted by atomic mass is 16.4. The van der Waals surface area contributed by atoms with E-state index in [1.165, 1.54) is 22.3 Å². The van der Waals surface area contributed by atoms with Crippen LogP contribution in [0.2, 0.25) is 0 Å². The van der Waals surface area contributed by atoms with Crippen LogP contribution in [0.25, 0.3) is 16.6 Å².